The van der Waals surface area contributed by atoms with Crippen molar-refractivity contribution in [3.05, 3.63) is 34.9 Å². The fraction of sp³-hybridized carbons (Fsp3) is 0.222. The van der Waals surface area contributed by atoms with Crippen molar-refractivity contribution in [3.63, 3.8) is 0 Å². The molecule has 2 nitrogen and oxygen atoms in total. The van der Waals surface area contributed by atoms with Gasteiger partial charge in [0.15, 0.2) is 0 Å². The topological polar surface area (TPSA) is 32.6 Å². The SMILES string of the molecule is CC/C(=N/O)c1ccccc1Cl. The molecule has 64 valence electrons. The van der Waals surface area contributed by atoms with E-state index in [2.05, 4.69) is 5.16 Å². The van der Waals surface area contributed by atoms with Crippen molar-refractivity contribution < 1.29 is 5.21 Å². The van der Waals surface area contributed by atoms with Crippen molar-refractivity contribution in [2.45, 2.75) is 13.3 Å². The molecule has 0 aromatic heterocycles. The Bertz CT molecular complexity index is 296. The summed E-state index contributed by atoms with van der Waals surface area (Å²) in [6, 6.07) is 7.32. The first-order valence-corrected chi connectivity index (χ1v) is 4.13. The van der Waals surface area contributed by atoms with Crippen molar-refractivity contribution in [2.24, 2.45) is 5.16 Å². The van der Waals surface area contributed by atoms with Gasteiger partial charge in [0.25, 0.3) is 0 Å². The van der Waals surface area contributed by atoms with Gasteiger partial charge in [-0.25, -0.2) is 0 Å². The van der Waals surface area contributed by atoms with Crippen LogP contribution in [-0.4, -0.2) is 10.9 Å². The van der Waals surface area contributed by atoms with E-state index in [0.29, 0.717) is 17.2 Å². The van der Waals surface area contributed by atoms with Gasteiger partial charge in [-0.3, -0.25) is 0 Å². The zero-order chi connectivity index (χ0) is 8.97. The van der Waals surface area contributed by atoms with Crippen molar-refractivity contribution in [1.82, 2.24) is 0 Å². The summed E-state index contributed by atoms with van der Waals surface area (Å²) in [6.45, 7) is 1.92. The van der Waals surface area contributed by atoms with E-state index in [-0.39, 0.29) is 0 Å². The summed E-state index contributed by atoms with van der Waals surface area (Å²) in [4.78, 5) is 0. The van der Waals surface area contributed by atoms with Gasteiger partial charge in [0, 0.05) is 10.6 Å². The smallest absolute Gasteiger partial charge is 0.0880 e. The van der Waals surface area contributed by atoms with Crippen LogP contribution in [0.3, 0.4) is 0 Å². The van der Waals surface area contributed by atoms with Gasteiger partial charge in [-0.1, -0.05) is 41.9 Å². The number of hydrogen-bond donors (Lipinski definition) is 1. The average molecular weight is 184 g/mol. The van der Waals surface area contributed by atoms with E-state index in [0.717, 1.165) is 5.56 Å². The molecule has 0 amide bonds. The summed E-state index contributed by atoms with van der Waals surface area (Å²) >= 11 is 5.88. The largest absolute Gasteiger partial charge is 0.411 e. The highest BCUT2D eigenvalue weighted by atomic mass is 35.5. The predicted molar refractivity (Wildman–Crippen MR) is 50.1 cm³/mol. The molecular weight excluding hydrogens is 174 g/mol. The summed E-state index contributed by atoms with van der Waals surface area (Å²) in [6.07, 6.45) is 0.667. The van der Waals surface area contributed by atoms with Gasteiger partial charge >= 0.3 is 0 Å². The monoisotopic (exact) mass is 183 g/mol. The Hall–Kier alpha value is -1.02. The van der Waals surface area contributed by atoms with Crippen LogP contribution in [0.2, 0.25) is 5.02 Å². The summed E-state index contributed by atoms with van der Waals surface area (Å²) in [5, 5.41) is 12.4. The van der Waals surface area contributed by atoms with E-state index in [1.807, 2.05) is 25.1 Å². The average Bonchev–Trinajstić information content (AvgIpc) is 2.10. The summed E-state index contributed by atoms with van der Waals surface area (Å²) in [5.74, 6) is 0. The lowest BCUT2D eigenvalue weighted by Crippen LogP contribution is -1.99. The molecule has 0 heterocycles. The highest BCUT2D eigenvalue weighted by Gasteiger charge is 2.04. The molecule has 0 saturated heterocycles. The second kappa shape index (κ2) is 4.12. The van der Waals surface area contributed by atoms with Gasteiger partial charge in [-0.15, -0.1) is 0 Å². The number of benzene rings is 1. The molecule has 1 rings (SSSR count). The molecule has 3 heteroatoms. The van der Waals surface area contributed by atoms with E-state index < -0.39 is 0 Å². The summed E-state index contributed by atoms with van der Waals surface area (Å²) in [5.41, 5.74) is 1.41. The molecule has 0 unspecified atom stereocenters. The van der Waals surface area contributed by atoms with Gasteiger partial charge in [0.2, 0.25) is 0 Å². The molecule has 1 aromatic carbocycles. The lowest BCUT2D eigenvalue weighted by molar-refractivity contribution is 0.318. The van der Waals surface area contributed by atoms with Crippen LogP contribution >= 0.6 is 11.6 Å². The van der Waals surface area contributed by atoms with Crippen LogP contribution in [0.15, 0.2) is 29.4 Å². The Labute approximate surface area is 76.5 Å². The molecule has 0 aliphatic rings. The third-order valence-corrected chi connectivity index (χ3v) is 1.97. The number of halogens is 1. The first-order valence-electron chi connectivity index (χ1n) is 3.75. The molecule has 0 saturated carbocycles. The van der Waals surface area contributed by atoms with Crippen LogP contribution in [0.1, 0.15) is 18.9 Å². The minimum atomic E-state index is 0.612. The second-order valence-corrected chi connectivity index (χ2v) is 2.79. The lowest BCUT2D eigenvalue weighted by atomic mass is 10.1. The molecule has 1 N–H and O–H groups in total. The van der Waals surface area contributed by atoms with E-state index in [9.17, 15) is 0 Å². The van der Waals surface area contributed by atoms with Gasteiger partial charge in [-0.05, 0) is 12.5 Å². The number of oxime groups is 1. The molecule has 12 heavy (non-hydrogen) atoms. The van der Waals surface area contributed by atoms with Crippen LogP contribution in [0.5, 0.6) is 0 Å². The molecule has 0 spiro atoms. The Morgan fingerprint density at radius 3 is 2.67 bits per heavy atom. The molecule has 0 atom stereocenters. The minimum Gasteiger partial charge on any atom is -0.411 e. The molecule has 0 radical (unpaired) electrons. The maximum absolute atomic E-state index is 8.63. The van der Waals surface area contributed by atoms with Crippen molar-refractivity contribution in [1.29, 1.82) is 0 Å². The lowest BCUT2D eigenvalue weighted by Gasteiger charge is -2.02. The quantitative estimate of drug-likeness (QED) is 0.427. The zero-order valence-electron chi connectivity index (χ0n) is 6.79. The highest BCUT2D eigenvalue weighted by Crippen LogP contribution is 2.16. The first-order chi connectivity index (χ1) is 5.79. The molecule has 0 bridgehead atoms. The van der Waals surface area contributed by atoms with Crippen LogP contribution in [0, 0.1) is 0 Å². The Kier molecular flexibility index (Phi) is 3.11. The maximum Gasteiger partial charge on any atom is 0.0880 e. The third-order valence-electron chi connectivity index (χ3n) is 1.64. The van der Waals surface area contributed by atoms with Gasteiger partial charge in [0.1, 0.15) is 0 Å². The van der Waals surface area contributed by atoms with E-state index in [4.69, 9.17) is 16.8 Å². The molecule has 0 fully saturated rings. The van der Waals surface area contributed by atoms with E-state index in [1.54, 1.807) is 6.07 Å². The van der Waals surface area contributed by atoms with Crippen molar-refractivity contribution in [3.8, 4) is 0 Å². The van der Waals surface area contributed by atoms with Gasteiger partial charge in [-0.2, -0.15) is 0 Å². The second-order valence-electron chi connectivity index (χ2n) is 2.38. The Morgan fingerprint density at radius 2 is 2.17 bits per heavy atom. The predicted octanol–water partition coefficient (Wildman–Crippen LogP) is 2.93. The third kappa shape index (κ3) is 1.77. The minimum absolute atomic E-state index is 0.612. The van der Waals surface area contributed by atoms with Crippen LogP contribution in [-0.2, 0) is 0 Å². The standard InChI is InChI=1S/C9H10ClNO/c1-2-9(11-12)7-5-3-4-6-8(7)10/h3-6,12H,2H2,1H3/b11-9-. The number of hydrogen-bond acceptors (Lipinski definition) is 2. The van der Waals surface area contributed by atoms with Crippen molar-refractivity contribution >= 4 is 17.3 Å². The summed E-state index contributed by atoms with van der Waals surface area (Å²) < 4.78 is 0. The maximum atomic E-state index is 8.63. The Morgan fingerprint density at radius 1 is 1.50 bits per heavy atom. The normalized spacial score (nSPS) is 11.7. The fourth-order valence-electron chi connectivity index (χ4n) is 1.01. The van der Waals surface area contributed by atoms with Crippen LogP contribution in [0.25, 0.3) is 0 Å². The first kappa shape index (κ1) is 9.07. The fourth-order valence-corrected chi connectivity index (χ4v) is 1.26. The summed E-state index contributed by atoms with van der Waals surface area (Å²) in [7, 11) is 0. The number of rotatable bonds is 2. The van der Waals surface area contributed by atoms with E-state index in [1.165, 1.54) is 0 Å². The Balaban J connectivity index is 3.10. The zero-order valence-corrected chi connectivity index (χ0v) is 7.54. The molecule has 0 aliphatic heterocycles. The van der Waals surface area contributed by atoms with Crippen molar-refractivity contribution in [2.75, 3.05) is 0 Å². The van der Waals surface area contributed by atoms with Crippen LogP contribution < -0.4 is 0 Å². The van der Waals surface area contributed by atoms with Gasteiger partial charge < -0.3 is 5.21 Å². The number of nitrogens with zero attached hydrogens (tertiary/aromatic N) is 1. The van der Waals surface area contributed by atoms with E-state index >= 15 is 0 Å². The molecular formula is C9H10ClNO. The highest BCUT2D eigenvalue weighted by molar-refractivity contribution is 6.34. The molecule has 1 aromatic rings. The molecule has 0 aliphatic carbocycles. The van der Waals surface area contributed by atoms with Gasteiger partial charge in [0.05, 0.1) is 5.71 Å². The van der Waals surface area contributed by atoms with Crippen LogP contribution in [0.4, 0.5) is 0 Å².